The number of ether oxygens (including phenoxy) is 1. The molecule has 1 N–H and O–H groups in total. The molecule has 106 valence electrons. The first-order valence-electron chi connectivity index (χ1n) is 7.53. The lowest BCUT2D eigenvalue weighted by Crippen LogP contribution is -2.38. The molecule has 0 spiro atoms. The van der Waals surface area contributed by atoms with Gasteiger partial charge in [0.1, 0.15) is 5.75 Å². The molecule has 3 heteroatoms. The Morgan fingerprint density at radius 3 is 2.74 bits per heavy atom. The lowest BCUT2D eigenvalue weighted by Gasteiger charge is -2.32. The van der Waals surface area contributed by atoms with Crippen LogP contribution in [-0.2, 0) is 0 Å². The van der Waals surface area contributed by atoms with Crippen molar-refractivity contribution in [3.63, 3.8) is 0 Å². The summed E-state index contributed by atoms with van der Waals surface area (Å²) in [5.41, 5.74) is 1.18. The summed E-state index contributed by atoms with van der Waals surface area (Å²) < 4.78 is 5.67. The molecule has 0 saturated carbocycles. The molecule has 0 aliphatic carbocycles. The van der Waals surface area contributed by atoms with E-state index < -0.39 is 0 Å². The van der Waals surface area contributed by atoms with Crippen molar-refractivity contribution < 1.29 is 4.74 Å². The number of anilines is 1. The molecule has 1 aliphatic rings. The van der Waals surface area contributed by atoms with E-state index in [0.717, 1.165) is 18.8 Å². The van der Waals surface area contributed by atoms with Crippen LogP contribution in [0.2, 0.25) is 0 Å². The summed E-state index contributed by atoms with van der Waals surface area (Å²) in [4.78, 5) is 2.51. The van der Waals surface area contributed by atoms with Gasteiger partial charge >= 0.3 is 0 Å². The quantitative estimate of drug-likeness (QED) is 0.850. The number of benzene rings is 1. The highest BCUT2D eigenvalue weighted by Gasteiger charge is 2.17. The molecular formula is C16H26N2O. The molecule has 1 saturated heterocycles. The molecule has 0 aromatic heterocycles. The van der Waals surface area contributed by atoms with Gasteiger partial charge in [-0.1, -0.05) is 19.9 Å². The average molecular weight is 262 g/mol. The number of nitrogens with zero attached hydrogens (tertiary/aromatic N) is 1. The van der Waals surface area contributed by atoms with Crippen molar-refractivity contribution in [2.24, 2.45) is 0 Å². The maximum atomic E-state index is 5.67. The summed E-state index contributed by atoms with van der Waals surface area (Å²) in [5.74, 6) is 0.970. The Morgan fingerprint density at radius 2 is 2.05 bits per heavy atom. The van der Waals surface area contributed by atoms with Crippen molar-refractivity contribution in [3.05, 3.63) is 24.3 Å². The Hall–Kier alpha value is -1.22. The predicted octanol–water partition coefficient (Wildman–Crippen LogP) is 3.37. The second-order valence-electron chi connectivity index (χ2n) is 5.23. The summed E-state index contributed by atoms with van der Waals surface area (Å²) in [7, 11) is 0. The normalized spacial score (nSPS) is 17.4. The SMILES string of the molecule is CCCOc1cccc(NC2CCN(CC)CC2)c1. The first-order chi connectivity index (χ1) is 9.31. The smallest absolute Gasteiger partial charge is 0.121 e. The number of likely N-dealkylation sites (tertiary alicyclic amines) is 1. The third-order valence-corrected chi connectivity index (χ3v) is 3.71. The maximum absolute atomic E-state index is 5.67. The minimum absolute atomic E-state index is 0.601. The van der Waals surface area contributed by atoms with Crippen LogP contribution in [-0.4, -0.2) is 37.2 Å². The number of nitrogens with one attached hydrogen (secondary N) is 1. The highest BCUT2D eigenvalue weighted by molar-refractivity contribution is 5.48. The lowest BCUT2D eigenvalue weighted by atomic mass is 10.0. The van der Waals surface area contributed by atoms with E-state index in [1.54, 1.807) is 0 Å². The van der Waals surface area contributed by atoms with Gasteiger partial charge in [-0.3, -0.25) is 0 Å². The molecular weight excluding hydrogens is 236 g/mol. The zero-order chi connectivity index (χ0) is 13.5. The molecule has 1 fully saturated rings. The largest absolute Gasteiger partial charge is 0.494 e. The number of rotatable bonds is 6. The Kier molecular flexibility index (Phi) is 5.52. The Balaban J connectivity index is 1.85. The molecule has 0 bridgehead atoms. The van der Waals surface area contributed by atoms with Crippen molar-refractivity contribution in [2.75, 3.05) is 31.6 Å². The van der Waals surface area contributed by atoms with Gasteiger partial charge in [0, 0.05) is 30.9 Å². The summed E-state index contributed by atoms with van der Waals surface area (Å²) in [5, 5.41) is 3.64. The predicted molar refractivity (Wildman–Crippen MR) is 81.0 cm³/mol. The zero-order valence-electron chi connectivity index (χ0n) is 12.2. The van der Waals surface area contributed by atoms with Gasteiger partial charge in [0.15, 0.2) is 0 Å². The molecule has 0 unspecified atom stereocenters. The van der Waals surface area contributed by atoms with Crippen LogP contribution in [0.15, 0.2) is 24.3 Å². The Labute approximate surface area is 116 Å². The molecule has 0 amide bonds. The van der Waals surface area contributed by atoms with Gasteiger partial charge in [-0.2, -0.15) is 0 Å². The highest BCUT2D eigenvalue weighted by Crippen LogP contribution is 2.21. The van der Waals surface area contributed by atoms with E-state index in [-0.39, 0.29) is 0 Å². The topological polar surface area (TPSA) is 24.5 Å². The van der Waals surface area contributed by atoms with Crippen molar-refractivity contribution in [1.82, 2.24) is 4.90 Å². The summed E-state index contributed by atoms with van der Waals surface area (Å²) in [6.07, 6.45) is 3.51. The average Bonchev–Trinajstić information content (AvgIpc) is 2.46. The minimum atomic E-state index is 0.601. The van der Waals surface area contributed by atoms with Gasteiger partial charge in [-0.15, -0.1) is 0 Å². The molecule has 1 aromatic rings. The molecule has 0 atom stereocenters. The Bertz CT molecular complexity index is 373. The number of hydrogen-bond donors (Lipinski definition) is 1. The van der Waals surface area contributed by atoms with E-state index in [1.807, 2.05) is 6.07 Å². The maximum Gasteiger partial charge on any atom is 0.121 e. The fourth-order valence-electron chi connectivity index (χ4n) is 2.52. The van der Waals surface area contributed by atoms with Crippen LogP contribution in [0.1, 0.15) is 33.1 Å². The second-order valence-corrected chi connectivity index (χ2v) is 5.23. The van der Waals surface area contributed by atoms with Crippen LogP contribution in [0, 0.1) is 0 Å². The third kappa shape index (κ3) is 4.43. The minimum Gasteiger partial charge on any atom is -0.494 e. The van der Waals surface area contributed by atoms with E-state index in [2.05, 4.69) is 42.3 Å². The molecule has 0 radical (unpaired) electrons. The van der Waals surface area contributed by atoms with E-state index in [0.29, 0.717) is 6.04 Å². The first-order valence-corrected chi connectivity index (χ1v) is 7.53. The van der Waals surface area contributed by atoms with Crippen molar-refractivity contribution in [1.29, 1.82) is 0 Å². The standard InChI is InChI=1S/C16H26N2O/c1-3-12-19-16-7-5-6-15(13-16)17-14-8-10-18(4-2)11-9-14/h5-7,13-14,17H,3-4,8-12H2,1-2H3. The fourth-order valence-corrected chi connectivity index (χ4v) is 2.52. The van der Waals surface area contributed by atoms with Crippen molar-refractivity contribution in [2.45, 2.75) is 39.2 Å². The van der Waals surface area contributed by atoms with Gasteiger partial charge in [0.2, 0.25) is 0 Å². The van der Waals surface area contributed by atoms with Crippen LogP contribution >= 0.6 is 0 Å². The second kappa shape index (κ2) is 7.39. The molecule has 1 aliphatic heterocycles. The van der Waals surface area contributed by atoms with Gasteiger partial charge in [0.05, 0.1) is 6.61 Å². The van der Waals surface area contributed by atoms with E-state index in [9.17, 15) is 0 Å². The van der Waals surface area contributed by atoms with E-state index in [1.165, 1.54) is 38.2 Å². The fraction of sp³-hybridized carbons (Fsp3) is 0.625. The summed E-state index contributed by atoms with van der Waals surface area (Å²) >= 11 is 0. The van der Waals surface area contributed by atoms with Gasteiger partial charge < -0.3 is 15.0 Å². The van der Waals surface area contributed by atoms with Gasteiger partial charge in [0.25, 0.3) is 0 Å². The summed E-state index contributed by atoms with van der Waals surface area (Å²) in [6.45, 7) is 8.75. The summed E-state index contributed by atoms with van der Waals surface area (Å²) in [6, 6.07) is 8.94. The van der Waals surface area contributed by atoms with Crippen molar-refractivity contribution in [3.8, 4) is 5.75 Å². The lowest BCUT2D eigenvalue weighted by molar-refractivity contribution is 0.229. The highest BCUT2D eigenvalue weighted by atomic mass is 16.5. The van der Waals surface area contributed by atoms with Gasteiger partial charge in [-0.25, -0.2) is 0 Å². The van der Waals surface area contributed by atoms with Crippen molar-refractivity contribution >= 4 is 5.69 Å². The number of hydrogen-bond acceptors (Lipinski definition) is 3. The monoisotopic (exact) mass is 262 g/mol. The Morgan fingerprint density at radius 1 is 1.26 bits per heavy atom. The van der Waals surface area contributed by atoms with Gasteiger partial charge in [-0.05, 0) is 37.9 Å². The number of piperidine rings is 1. The molecule has 3 nitrogen and oxygen atoms in total. The molecule has 1 heterocycles. The van der Waals surface area contributed by atoms with E-state index in [4.69, 9.17) is 4.74 Å². The van der Waals surface area contributed by atoms with Crippen LogP contribution in [0.4, 0.5) is 5.69 Å². The molecule has 2 rings (SSSR count). The van der Waals surface area contributed by atoms with E-state index >= 15 is 0 Å². The third-order valence-electron chi connectivity index (χ3n) is 3.71. The van der Waals surface area contributed by atoms with Crippen LogP contribution < -0.4 is 10.1 Å². The molecule has 1 aromatic carbocycles. The van der Waals surface area contributed by atoms with Crippen LogP contribution in [0.5, 0.6) is 5.75 Å². The van der Waals surface area contributed by atoms with Crippen LogP contribution in [0.3, 0.4) is 0 Å². The first kappa shape index (κ1) is 14.2. The zero-order valence-corrected chi connectivity index (χ0v) is 12.2. The molecule has 19 heavy (non-hydrogen) atoms. The van der Waals surface area contributed by atoms with Crippen LogP contribution in [0.25, 0.3) is 0 Å².